The largest absolute Gasteiger partial charge is 0.497 e. The molecule has 0 aliphatic heterocycles. The van der Waals surface area contributed by atoms with Crippen molar-refractivity contribution in [2.24, 2.45) is 0 Å². The number of halogens is 3. The van der Waals surface area contributed by atoms with E-state index in [-0.39, 0.29) is 17.2 Å². The molecule has 0 aliphatic rings. The van der Waals surface area contributed by atoms with Crippen molar-refractivity contribution in [3.8, 4) is 11.5 Å². The molecule has 0 saturated carbocycles. The minimum atomic E-state index is -4.53. The lowest BCUT2D eigenvalue weighted by atomic mass is 9.86. The van der Waals surface area contributed by atoms with Crippen molar-refractivity contribution >= 4 is 0 Å². The summed E-state index contributed by atoms with van der Waals surface area (Å²) < 4.78 is 47.9. The van der Waals surface area contributed by atoms with E-state index in [0.29, 0.717) is 11.5 Å². The molecule has 0 fully saturated rings. The van der Waals surface area contributed by atoms with Crippen molar-refractivity contribution in [1.29, 1.82) is 0 Å². The molecule has 0 aromatic heterocycles. The van der Waals surface area contributed by atoms with Crippen LogP contribution in [0, 0.1) is 0 Å². The Morgan fingerprint density at radius 2 is 1.12 bits per heavy atom. The van der Waals surface area contributed by atoms with Gasteiger partial charge in [0.2, 0.25) is 0 Å². The molecule has 1 N–H and O–H groups in total. The number of hydrogen-bond acceptors (Lipinski definition) is 3. The van der Waals surface area contributed by atoms with Crippen LogP contribution in [0.5, 0.6) is 11.5 Å². The topological polar surface area (TPSA) is 38.7 Å². The van der Waals surface area contributed by atoms with Crippen LogP contribution in [0.1, 0.15) is 11.1 Å². The van der Waals surface area contributed by atoms with Crippen LogP contribution in [0.25, 0.3) is 0 Å². The molecule has 0 aliphatic carbocycles. The number of aliphatic hydroxyl groups is 1. The molecule has 0 radical (unpaired) electrons. The summed E-state index contributed by atoms with van der Waals surface area (Å²) in [5.74, 6) is 1.08. The third kappa shape index (κ3) is 4.08. The quantitative estimate of drug-likeness (QED) is 0.836. The highest BCUT2D eigenvalue weighted by Gasteiger charge is 2.32. The highest BCUT2D eigenvalue weighted by Crippen LogP contribution is 2.34. The maximum absolute atomic E-state index is 12.6. The van der Waals surface area contributed by atoms with Gasteiger partial charge in [-0.1, -0.05) is 24.3 Å². The lowest BCUT2D eigenvalue weighted by Gasteiger charge is -2.26. The first kappa shape index (κ1) is 17.9. The minimum absolute atomic E-state index is 0.0292. The normalized spacial score (nSPS) is 12.4. The lowest BCUT2D eigenvalue weighted by Crippen LogP contribution is -2.25. The number of hydrogen-bond donors (Lipinski definition) is 1. The molecular formula is C18H17F3O3. The summed E-state index contributed by atoms with van der Waals surface area (Å²) in [7, 11) is 2.96. The predicted molar refractivity (Wildman–Crippen MR) is 84.2 cm³/mol. The molecule has 0 unspecified atom stereocenters. The Morgan fingerprint density at radius 3 is 1.42 bits per heavy atom. The van der Waals surface area contributed by atoms with Crippen LogP contribution >= 0.6 is 0 Å². The van der Waals surface area contributed by atoms with Gasteiger partial charge >= 0.3 is 6.18 Å². The zero-order valence-corrected chi connectivity index (χ0v) is 13.2. The van der Waals surface area contributed by atoms with Crippen LogP contribution in [-0.4, -0.2) is 25.5 Å². The molecule has 0 heterocycles. The van der Waals surface area contributed by atoms with Crippen LogP contribution in [0.2, 0.25) is 0 Å². The van der Waals surface area contributed by atoms with Gasteiger partial charge in [-0.15, -0.1) is 0 Å². The number of allylic oxidation sites excluding steroid dienone is 1. The second-order valence-corrected chi connectivity index (χ2v) is 5.10. The molecule has 0 saturated heterocycles. The fourth-order valence-electron chi connectivity index (χ4n) is 2.26. The van der Waals surface area contributed by atoms with Gasteiger partial charge in [-0.2, -0.15) is 13.2 Å². The summed E-state index contributed by atoms with van der Waals surface area (Å²) in [5, 5.41) is 11.0. The maximum Gasteiger partial charge on any atom is 0.409 e. The van der Waals surface area contributed by atoms with E-state index < -0.39 is 11.8 Å². The molecule has 3 nitrogen and oxygen atoms in total. The Hall–Kier alpha value is -2.47. The summed E-state index contributed by atoms with van der Waals surface area (Å²) in [6, 6.07) is 12.4. The number of benzene rings is 2. The second kappa shape index (κ2) is 6.97. The Morgan fingerprint density at radius 1 is 0.750 bits per heavy atom. The number of rotatable bonds is 5. The Kier molecular flexibility index (Phi) is 5.19. The summed E-state index contributed by atoms with van der Waals surface area (Å²) >= 11 is 0. The van der Waals surface area contributed by atoms with Gasteiger partial charge in [-0.05, 0) is 41.5 Å². The van der Waals surface area contributed by atoms with E-state index in [9.17, 15) is 18.3 Å². The first-order valence-electron chi connectivity index (χ1n) is 7.07. The predicted octanol–water partition coefficient (Wildman–Crippen LogP) is 4.06. The van der Waals surface area contributed by atoms with Crippen LogP contribution in [0.3, 0.4) is 0 Å². The molecule has 0 atom stereocenters. The monoisotopic (exact) mass is 338 g/mol. The van der Waals surface area contributed by atoms with Gasteiger partial charge in [-0.3, -0.25) is 0 Å². The summed E-state index contributed by atoms with van der Waals surface area (Å²) in [6.45, 7) is 0. The third-order valence-corrected chi connectivity index (χ3v) is 3.57. The Labute approximate surface area is 138 Å². The van der Waals surface area contributed by atoms with E-state index >= 15 is 0 Å². The Bertz CT molecular complexity index is 641. The number of methoxy groups -OCH3 is 2. The molecule has 0 spiro atoms. The van der Waals surface area contributed by atoms with Gasteiger partial charge in [-0.25, -0.2) is 0 Å². The standard InChI is InChI=1S/C18H17F3O3/c1-23-15-7-3-13(4-8-15)17(22,11-12-18(19,20)21)14-5-9-16(24-2)10-6-14/h3-12,22H,1-2H3/b12-11+. The average molecular weight is 338 g/mol. The second-order valence-electron chi connectivity index (χ2n) is 5.10. The molecule has 0 bridgehead atoms. The summed E-state index contributed by atoms with van der Waals surface area (Å²) in [5.41, 5.74) is -1.36. The first-order valence-corrected chi connectivity index (χ1v) is 7.07. The van der Waals surface area contributed by atoms with Gasteiger partial charge in [0, 0.05) is 6.08 Å². The summed E-state index contributed by atoms with van der Waals surface area (Å²) in [6.07, 6.45) is -3.77. The lowest BCUT2D eigenvalue weighted by molar-refractivity contribution is -0.0811. The molecular weight excluding hydrogens is 321 g/mol. The number of alkyl halides is 3. The highest BCUT2D eigenvalue weighted by atomic mass is 19.4. The molecule has 2 aromatic carbocycles. The van der Waals surface area contributed by atoms with E-state index in [1.807, 2.05) is 0 Å². The molecule has 128 valence electrons. The highest BCUT2D eigenvalue weighted by molar-refractivity contribution is 5.44. The van der Waals surface area contributed by atoms with Gasteiger partial charge in [0.1, 0.15) is 17.1 Å². The van der Waals surface area contributed by atoms with Crippen molar-refractivity contribution in [3.63, 3.8) is 0 Å². The molecule has 2 rings (SSSR count). The fraction of sp³-hybridized carbons (Fsp3) is 0.222. The average Bonchev–Trinajstić information content (AvgIpc) is 2.59. The van der Waals surface area contributed by atoms with Gasteiger partial charge in [0.05, 0.1) is 14.2 Å². The fourth-order valence-corrected chi connectivity index (χ4v) is 2.26. The third-order valence-electron chi connectivity index (χ3n) is 3.57. The molecule has 2 aromatic rings. The van der Waals surface area contributed by atoms with Crippen molar-refractivity contribution in [3.05, 3.63) is 71.8 Å². The van der Waals surface area contributed by atoms with E-state index in [4.69, 9.17) is 9.47 Å². The molecule has 0 amide bonds. The molecule has 24 heavy (non-hydrogen) atoms. The van der Waals surface area contributed by atoms with Crippen LogP contribution < -0.4 is 9.47 Å². The molecule has 6 heteroatoms. The van der Waals surface area contributed by atoms with E-state index in [2.05, 4.69) is 0 Å². The number of ether oxygens (including phenoxy) is 2. The SMILES string of the molecule is COc1ccc(C(O)(/C=C/C(F)(F)F)c2ccc(OC)cc2)cc1. The minimum Gasteiger partial charge on any atom is -0.497 e. The zero-order chi connectivity index (χ0) is 17.8. The van der Waals surface area contributed by atoms with Crippen LogP contribution in [0.4, 0.5) is 13.2 Å². The zero-order valence-electron chi connectivity index (χ0n) is 13.2. The van der Waals surface area contributed by atoms with E-state index in [1.54, 1.807) is 24.3 Å². The summed E-state index contributed by atoms with van der Waals surface area (Å²) in [4.78, 5) is 0. The Balaban J connectivity index is 2.52. The van der Waals surface area contributed by atoms with Gasteiger partial charge in [0.15, 0.2) is 0 Å². The van der Waals surface area contributed by atoms with Crippen molar-refractivity contribution in [1.82, 2.24) is 0 Å². The van der Waals surface area contributed by atoms with Gasteiger partial charge in [0.25, 0.3) is 0 Å². The maximum atomic E-state index is 12.6. The van der Waals surface area contributed by atoms with Crippen LogP contribution in [0.15, 0.2) is 60.7 Å². The van der Waals surface area contributed by atoms with Crippen molar-refractivity contribution < 1.29 is 27.8 Å². The van der Waals surface area contributed by atoms with Crippen LogP contribution in [-0.2, 0) is 5.60 Å². The smallest absolute Gasteiger partial charge is 0.409 e. The van der Waals surface area contributed by atoms with Crippen molar-refractivity contribution in [2.45, 2.75) is 11.8 Å². The van der Waals surface area contributed by atoms with E-state index in [1.165, 1.54) is 38.5 Å². The van der Waals surface area contributed by atoms with Crippen molar-refractivity contribution in [2.75, 3.05) is 14.2 Å². The van der Waals surface area contributed by atoms with Gasteiger partial charge < -0.3 is 14.6 Å². The van der Waals surface area contributed by atoms with E-state index in [0.717, 1.165) is 6.08 Å². The first-order chi connectivity index (χ1) is 11.3.